The Hall–Kier alpha value is -0.610. The van der Waals surface area contributed by atoms with E-state index in [2.05, 4.69) is 0 Å². The summed E-state index contributed by atoms with van der Waals surface area (Å²) in [7, 11) is 1.89. The number of nitrogens with zero attached hydrogens (tertiary/aromatic N) is 1. The Morgan fingerprint density at radius 1 is 1.47 bits per heavy atom. The second kappa shape index (κ2) is 7.67. The van der Waals surface area contributed by atoms with Crippen molar-refractivity contribution >= 4 is 5.91 Å². The van der Waals surface area contributed by atoms with E-state index in [0.29, 0.717) is 13.0 Å². The molecule has 0 spiro atoms. The van der Waals surface area contributed by atoms with Crippen molar-refractivity contribution in [2.45, 2.75) is 32.6 Å². The summed E-state index contributed by atoms with van der Waals surface area (Å²) in [5, 5.41) is 0. The molecule has 1 unspecified atom stereocenters. The van der Waals surface area contributed by atoms with Gasteiger partial charge in [0.2, 0.25) is 5.91 Å². The number of nitrogens with two attached hydrogens (primary N) is 1. The van der Waals surface area contributed by atoms with Crippen molar-refractivity contribution in [2.75, 3.05) is 33.4 Å². The van der Waals surface area contributed by atoms with Crippen molar-refractivity contribution in [3.8, 4) is 0 Å². The summed E-state index contributed by atoms with van der Waals surface area (Å²) in [6, 6.07) is 0. The van der Waals surface area contributed by atoms with E-state index in [0.717, 1.165) is 44.9 Å². The highest BCUT2D eigenvalue weighted by atomic mass is 16.5. The summed E-state index contributed by atoms with van der Waals surface area (Å²) < 4.78 is 5.33. The lowest BCUT2D eigenvalue weighted by molar-refractivity contribution is -0.130. The molecule has 1 atom stereocenters. The van der Waals surface area contributed by atoms with Crippen LogP contribution in [0.1, 0.15) is 32.6 Å². The van der Waals surface area contributed by atoms with Gasteiger partial charge in [-0.1, -0.05) is 6.92 Å². The first kappa shape index (κ1) is 14.5. The van der Waals surface area contributed by atoms with Gasteiger partial charge < -0.3 is 15.4 Å². The van der Waals surface area contributed by atoms with E-state index >= 15 is 0 Å². The Balaban J connectivity index is 2.18. The Kier molecular flexibility index (Phi) is 6.52. The van der Waals surface area contributed by atoms with Crippen LogP contribution in [0, 0.1) is 11.8 Å². The normalized spacial score (nSPS) is 19.0. The third kappa shape index (κ3) is 5.50. The topological polar surface area (TPSA) is 55.6 Å². The predicted octanol–water partition coefficient (Wildman–Crippen LogP) is 1.25. The van der Waals surface area contributed by atoms with Gasteiger partial charge in [0, 0.05) is 33.2 Å². The standard InChI is InChI=1S/C13H26N2O2/c1-11(10-14)9-13(16)15(2)6-3-12-4-7-17-8-5-12/h11-12H,3-10,14H2,1-2H3. The van der Waals surface area contributed by atoms with Crippen LogP contribution < -0.4 is 5.73 Å². The largest absolute Gasteiger partial charge is 0.381 e. The second-order valence-electron chi connectivity index (χ2n) is 5.20. The number of amides is 1. The summed E-state index contributed by atoms with van der Waals surface area (Å²) in [5.74, 6) is 1.23. The third-order valence-electron chi connectivity index (χ3n) is 3.56. The molecule has 0 aromatic heterocycles. The van der Waals surface area contributed by atoms with Crippen molar-refractivity contribution in [1.82, 2.24) is 4.90 Å². The maximum absolute atomic E-state index is 11.8. The Labute approximate surface area is 104 Å². The molecule has 1 saturated heterocycles. The lowest BCUT2D eigenvalue weighted by Gasteiger charge is -2.25. The molecule has 0 saturated carbocycles. The van der Waals surface area contributed by atoms with E-state index < -0.39 is 0 Å². The van der Waals surface area contributed by atoms with Gasteiger partial charge in [0.1, 0.15) is 0 Å². The van der Waals surface area contributed by atoms with Gasteiger partial charge in [-0.25, -0.2) is 0 Å². The molecule has 17 heavy (non-hydrogen) atoms. The summed E-state index contributed by atoms with van der Waals surface area (Å²) in [6.07, 6.45) is 3.95. The Morgan fingerprint density at radius 3 is 2.71 bits per heavy atom. The quantitative estimate of drug-likeness (QED) is 0.762. The van der Waals surface area contributed by atoms with Crippen LogP contribution in [0.2, 0.25) is 0 Å². The number of hydrogen-bond donors (Lipinski definition) is 1. The molecule has 1 aliphatic heterocycles. The number of carbonyl (C=O) groups excluding carboxylic acids is 1. The highest BCUT2D eigenvalue weighted by Gasteiger charge is 2.17. The van der Waals surface area contributed by atoms with Crippen molar-refractivity contribution in [3.63, 3.8) is 0 Å². The van der Waals surface area contributed by atoms with Crippen LogP contribution in [0.4, 0.5) is 0 Å². The molecule has 0 radical (unpaired) electrons. The van der Waals surface area contributed by atoms with E-state index in [-0.39, 0.29) is 11.8 Å². The van der Waals surface area contributed by atoms with E-state index in [1.165, 1.54) is 0 Å². The molecule has 1 amide bonds. The zero-order chi connectivity index (χ0) is 12.7. The van der Waals surface area contributed by atoms with E-state index in [9.17, 15) is 4.79 Å². The minimum Gasteiger partial charge on any atom is -0.381 e. The molecular formula is C13H26N2O2. The van der Waals surface area contributed by atoms with Crippen LogP contribution in [-0.2, 0) is 9.53 Å². The lowest BCUT2D eigenvalue weighted by Crippen LogP contribution is -2.32. The monoisotopic (exact) mass is 242 g/mol. The zero-order valence-corrected chi connectivity index (χ0v) is 11.2. The molecule has 100 valence electrons. The maximum atomic E-state index is 11.8. The SMILES string of the molecule is CC(CN)CC(=O)N(C)CCC1CCOCC1. The first-order valence-electron chi connectivity index (χ1n) is 6.65. The molecule has 1 fully saturated rings. The molecular weight excluding hydrogens is 216 g/mol. The van der Waals surface area contributed by atoms with Crippen molar-refractivity contribution in [2.24, 2.45) is 17.6 Å². The molecule has 0 aromatic rings. The van der Waals surface area contributed by atoms with Crippen molar-refractivity contribution in [1.29, 1.82) is 0 Å². The van der Waals surface area contributed by atoms with Gasteiger partial charge in [0.05, 0.1) is 0 Å². The minimum absolute atomic E-state index is 0.218. The maximum Gasteiger partial charge on any atom is 0.222 e. The van der Waals surface area contributed by atoms with Crippen LogP contribution in [-0.4, -0.2) is 44.2 Å². The van der Waals surface area contributed by atoms with Crippen LogP contribution in [0.15, 0.2) is 0 Å². The number of hydrogen-bond acceptors (Lipinski definition) is 3. The number of rotatable bonds is 6. The van der Waals surface area contributed by atoms with Gasteiger partial charge in [-0.05, 0) is 37.6 Å². The van der Waals surface area contributed by atoms with Gasteiger partial charge in [0.25, 0.3) is 0 Å². The molecule has 1 heterocycles. The predicted molar refractivity (Wildman–Crippen MR) is 68.6 cm³/mol. The van der Waals surface area contributed by atoms with Crippen molar-refractivity contribution < 1.29 is 9.53 Å². The average molecular weight is 242 g/mol. The van der Waals surface area contributed by atoms with Gasteiger partial charge in [-0.2, -0.15) is 0 Å². The zero-order valence-electron chi connectivity index (χ0n) is 11.2. The summed E-state index contributed by atoms with van der Waals surface area (Å²) in [4.78, 5) is 13.7. The smallest absolute Gasteiger partial charge is 0.222 e. The molecule has 0 aromatic carbocycles. The fourth-order valence-corrected chi connectivity index (χ4v) is 2.07. The molecule has 4 nitrogen and oxygen atoms in total. The van der Waals surface area contributed by atoms with Crippen LogP contribution >= 0.6 is 0 Å². The number of ether oxygens (including phenoxy) is 1. The lowest BCUT2D eigenvalue weighted by atomic mass is 9.96. The van der Waals surface area contributed by atoms with Gasteiger partial charge in [-0.3, -0.25) is 4.79 Å². The van der Waals surface area contributed by atoms with E-state index in [1.807, 2.05) is 18.9 Å². The van der Waals surface area contributed by atoms with E-state index in [4.69, 9.17) is 10.5 Å². The first-order chi connectivity index (χ1) is 8.13. The summed E-state index contributed by atoms with van der Waals surface area (Å²) in [6.45, 7) is 5.23. The third-order valence-corrected chi connectivity index (χ3v) is 3.56. The average Bonchev–Trinajstić information content (AvgIpc) is 2.36. The molecule has 2 N–H and O–H groups in total. The fourth-order valence-electron chi connectivity index (χ4n) is 2.07. The first-order valence-corrected chi connectivity index (χ1v) is 6.65. The molecule has 4 heteroatoms. The fraction of sp³-hybridized carbons (Fsp3) is 0.923. The Bertz CT molecular complexity index is 227. The number of carbonyl (C=O) groups is 1. The summed E-state index contributed by atoms with van der Waals surface area (Å²) in [5.41, 5.74) is 5.53. The Morgan fingerprint density at radius 2 is 2.12 bits per heavy atom. The van der Waals surface area contributed by atoms with Gasteiger partial charge >= 0.3 is 0 Å². The van der Waals surface area contributed by atoms with Gasteiger partial charge in [0.15, 0.2) is 0 Å². The van der Waals surface area contributed by atoms with Crippen molar-refractivity contribution in [3.05, 3.63) is 0 Å². The highest BCUT2D eigenvalue weighted by Crippen LogP contribution is 2.18. The van der Waals surface area contributed by atoms with Gasteiger partial charge in [-0.15, -0.1) is 0 Å². The van der Waals surface area contributed by atoms with E-state index in [1.54, 1.807) is 0 Å². The molecule has 0 bridgehead atoms. The van der Waals surface area contributed by atoms with Crippen LogP contribution in [0.25, 0.3) is 0 Å². The second-order valence-corrected chi connectivity index (χ2v) is 5.20. The summed E-state index contributed by atoms with van der Waals surface area (Å²) >= 11 is 0. The molecule has 1 aliphatic rings. The molecule has 0 aliphatic carbocycles. The van der Waals surface area contributed by atoms with Crippen LogP contribution in [0.5, 0.6) is 0 Å². The highest BCUT2D eigenvalue weighted by molar-refractivity contribution is 5.76. The van der Waals surface area contributed by atoms with Crippen LogP contribution in [0.3, 0.4) is 0 Å². The molecule has 1 rings (SSSR count). The minimum atomic E-state index is 0.218.